The van der Waals surface area contributed by atoms with Crippen molar-refractivity contribution in [3.8, 4) is 5.75 Å². The number of benzene rings is 2. The first-order chi connectivity index (χ1) is 14.1. The minimum absolute atomic E-state index is 0.136. The molecule has 1 fully saturated rings. The molecule has 154 valence electrons. The number of anilines is 1. The molecule has 0 saturated carbocycles. The predicted molar refractivity (Wildman–Crippen MR) is 118 cm³/mol. The average Bonchev–Trinajstić information content (AvgIpc) is 2.74. The van der Waals surface area contributed by atoms with E-state index in [1.807, 2.05) is 30.0 Å². The second-order valence-electron chi connectivity index (χ2n) is 7.45. The quantitative estimate of drug-likeness (QED) is 0.672. The van der Waals surface area contributed by atoms with E-state index in [0.29, 0.717) is 19.6 Å². The Balaban J connectivity index is 1.33. The van der Waals surface area contributed by atoms with Gasteiger partial charge in [0.15, 0.2) is 0 Å². The Morgan fingerprint density at radius 2 is 1.90 bits per heavy atom. The van der Waals surface area contributed by atoms with Gasteiger partial charge in [-0.2, -0.15) is 0 Å². The van der Waals surface area contributed by atoms with Crippen molar-refractivity contribution in [2.75, 3.05) is 44.3 Å². The number of hydrogen-bond donors (Lipinski definition) is 0. The highest BCUT2D eigenvalue weighted by Gasteiger charge is 2.27. The maximum absolute atomic E-state index is 12.9. The van der Waals surface area contributed by atoms with E-state index in [-0.39, 0.29) is 12.0 Å². The minimum Gasteiger partial charge on any atom is -0.494 e. The van der Waals surface area contributed by atoms with Crippen molar-refractivity contribution < 1.29 is 14.3 Å². The molecule has 2 heterocycles. The van der Waals surface area contributed by atoms with Crippen molar-refractivity contribution in [2.45, 2.75) is 25.9 Å². The smallest absolute Gasteiger partial charge is 0.225 e. The molecule has 0 spiro atoms. The van der Waals surface area contributed by atoms with E-state index in [9.17, 15) is 4.79 Å². The summed E-state index contributed by atoms with van der Waals surface area (Å²) in [6.07, 6.45) is 1.18. The van der Waals surface area contributed by atoms with E-state index in [2.05, 4.69) is 45.1 Å². The molecule has 2 aliphatic rings. The lowest BCUT2D eigenvalue weighted by molar-refractivity contribution is -0.135. The van der Waals surface area contributed by atoms with Gasteiger partial charge >= 0.3 is 0 Å². The van der Waals surface area contributed by atoms with Crippen LogP contribution in [-0.2, 0) is 16.0 Å². The molecule has 0 bridgehead atoms. The van der Waals surface area contributed by atoms with E-state index >= 15 is 0 Å². The molecule has 4 rings (SSSR count). The molecule has 0 aromatic heterocycles. The van der Waals surface area contributed by atoms with Crippen LogP contribution in [0.25, 0.3) is 0 Å². The number of ether oxygens (including phenoxy) is 2. The number of halogens is 1. The third-order valence-electron chi connectivity index (χ3n) is 5.65. The van der Waals surface area contributed by atoms with Crippen molar-refractivity contribution in [2.24, 2.45) is 0 Å². The molecule has 0 N–H and O–H groups in total. The predicted octanol–water partition coefficient (Wildman–Crippen LogP) is 4.20. The SMILES string of the molecule is CCOc1ccc(N2CCN(C(=O)CC3OCCc4cc(Br)ccc43)CC2)cc1. The van der Waals surface area contributed by atoms with Crippen LogP contribution >= 0.6 is 15.9 Å². The summed E-state index contributed by atoms with van der Waals surface area (Å²) in [5.41, 5.74) is 3.61. The fourth-order valence-electron chi connectivity index (χ4n) is 4.10. The topological polar surface area (TPSA) is 42.0 Å². The highest BCUT2D eigenvalue weighted by atomic mass is 79.9. The molecule has 1 atom stereocenters. The van der Waals surface area contributed by atoms with Crippen LogP contribution in [0.15, 0.2) is 46.9 Å². The summed E-state index contributed by atoms with van der Waals surface area (Å²) >= 11 is 3.53. The van der Waals surface area contributed by atoms with Crippen molar-refractivity contribution in [1.82, 2.24) is 4.90 Å². The summed E-state index contributed by atoms with van der Waals surface area (Å²) in [7, 11) is 0. The first-order valence-corrected chi connectivity index (χ1v) is 11.1. The van der Waals surface area contributed by atoms with Crippen LogP contribution in [0, 0.1) is 0 Å². The normalized spacial score (nSPS) is 19.0. The van der Waals surface area contributed by atoms with Gasteiger partial charge in [0.1, 0.15) is 5.75 Å². The molecule has 5 nitrogen and oxygen atoms in total. The largest absolute Gasteiger partial charge is 0.494 e. The molecule has 0 radical (unpaired) electrons. The zero-order valence-corrected chi connectivity index (χ0v) is 18.4. The maximum atomic E-state index is 12.9. The van der Waals surface area contributed by atoms with Crippen molar-refractivity contribution in [1.29, 1.82) is 0 Å². The summed E-state index contributed by atoms with van der Waals surface area (Å²) in [6, 6.07) is 14.5. The fourth-order valence-corrected chi connectivity index (χ4v) is 4.50. The van der Waals surface area contributed by atoms with Gasteiger partial charge in [0, 0.05) is 36.3 Å². The summed E-state index contributed by atoms with van der Waals surface area (Å²) in [5.74, 6) is 1.07. The van der Waals surface area contributed by atoms with Crippen LogP contribution in [0.2, 0.25) is 0 Å². The minimum atomic E-state index is -0.136. The Morgan fingerprint density at radius 1 is 1.14 bits per heavy atom. The van der Waals surface area contributed by atoms with Gasteiger partial charge in [0.05, 0.1) is 25.7 Å². The van der Waals surface area contributed by atoms with Crippen LogP contribution in [0.4, 0.5) is 5.69 Å². The van der Waals surface area contributed by atoms with Crippen LogP contribution < -0.4 is 9.64 Å². The zero-order valence-electron chi connectivity index (χ0n) is 16.8. The van der Waals surface area contributed by atoms with Crippen LogP contribution in [0.3, 0.4) is 0 Å². The summed E-state index contributed by atoms with van der Waals surface area (Å²) in [5, 5.41) is 0. The second kappa shape index (κ2) is 9.18. The summed E-state index contributed by atoms with van der Waals surface area (Å²) < 4.78 is 12.5. The van der Waals surface area contributed by atoms with Gasteiger partial charge in [-0.1, -0.05) is 22.0 Å². The Labute approximate surface area is 180 Å². The first kappa shape index (κ1) is 20.2. The molecule has 0 aliphatic carbocycles. The standard InChI is InChI=1S/C23H27BrN2O3/c1-2-28-20-6-4-19(5-7-20)25-10-12-26(13-11-25)23(27)16-22-21-8-3-18(24)15-17(21)9-14-29-22/h3-8,15,22H,2,9-14,16H2,1H3. The number of nitrogens with zero attached hydrogens (tertiary/aromatic N) is 2. The number of fused-ring (bicyclic) bond motifs is 1. The monoisotopic (exact) mass is 458 g/mol. The summed E-state index contributed by atoms with van der Waals surface area (Å²) in [4.78, 5) is 17.2. The highest BCUT2D eigenvalue weighted by Crippen LogP contribution is 2.32. The number of amides is 1. The Kier molecular flexibility index (Phi) is 6.40. The van der Waals surface area contributed by atoms with Gasteiger partial charge < -0.3 is 19.3 Å². The number of piperazine rings is 1. The van der Waals surface area contributed by atoms with E-state index in [4.69, 9.17) is 9.47 Å². The number of rotatable bonds is 5. The fraction of sp³-hybridized carbons (Fsp3) is 0.435. The average molecular weight is 459 g/mol. The molecule has 1 unspecified atom stereocenters. The van der Waals surface area contributed by atoms with Gasteiger partial charge in [-0.05, 0) is 60.9 Å². The Morgan fingerprint density at radius 3 is 2.62 bits per heavy atom. The van der Waals surface area contributed by atoms with Crippen LogP contribution in [-0.4, -0.2) is 50.2 Å². The molecule has 1 amide bonds. The lowest BCUT2D eigenvalue weighted by atomic mass is 9.95. The second-order valence-corrected chi connectivity index (χ2v) is 8.37. The molecule has 2 aromatic carbocycles. The number of carbonyl (C=O) groups is 1. The molecule has 2 aromatic rings. The van der Waals surface area contributed by atoms with Gasteiger partial charge in [-0.15, -0.1) is 0 Å². The van der Waals surface area contributed by atoms with Gasteiger partial charge in [0.2, 0.25) is 5.91 Å². The molecule has 1 saturated heterocycles. The zero-order chi connectivity index (χ0) is 20.2. The lowest BCUT2D eigenvalue weighted by Gasteiger charge is -2.37. The van der Waals surface area contributed by atoms with Gasteiger partial charge in [0.25, 0.3) is 0 Å². The van der Waals surface area contributed by atoms with Crippen molar-refractivity contribution >= 4 is 27.5 Å². The van der Waals surface area contributed by atoms with Gasteiger partial charge in [-0.25, -0.2) is 0 Å². The van der Waals surface area contributed by atoms with E-state index in [1.165, 1.54) is 11.3 Å². The van der Waals surface area contributed by atoms with Crippen molar-refractivity contribution in [3.05, 3.63) is 58.1 Å². The maximum Gasteiger partial charge on any atom is 0.225 e. The van der Waals surface area contributed by atoms with E-state index < -0.39 is 0 Å². The van der Waals surface area contributed by atoms with Crippen LogP contribution in [0.1, 0.15) is 30.6 Å². The molecular weight excluding hydrogens is 432 g/mol. The van der Waals surface area contributed by atoms with Crippen molar-refractivity contribution in [3.63, 3.8) is 0 Å². The number of carbonyl (C=O) groups excluding carboxylic acids is 1. The molecule has 6 heteroatoms. The van der Waals surface area contributed by atoms with E-state index in [1.54, 1.807) is 0 Å². The van der Waals surface area contributed by atoms with Gasteiger partial charge in [-0.3, -0.25) is 4.79 Å². The van der Waals surface area contributed by atoms with Crippen LogP contribution in [0.5, 0.6) is 5.75 Å². The molecular formula is C23H27BrN2O3. The summed E-state index contributed by atoms with van der Waals surface area (Å²) in [6.45, 7) is 6.50. The first-order valence-electron chi connectivity index (χ1n) is 10.3. The highest BCUT2D eigenvalue weighted by molar-refractivity contribution is 9.10. The van der Waals surface area contributed by atoms with E-state index in [0.717, 1.165) is 48.4 Å². The Hall–Kier alpha value is -2.05. The molecule has 29 heavy (non-hydrogen) atoms. The molecule has 2 aliphatic heterocycles. The number of hydrogen-bond acceptors (Lipinski definition) is 4. The third-order valence-corrected chi connectivity index (χ3v) is 6.14. The third kappa shape index (κ3) is 4.75. The Bertz CT molecular complexity index is 848. The lowest BCUT2D eigenvalue weighted by Crippen LogP contribution is -2.49.